The van der Waals surface area contributed by atoms with Crippen LogP contribution in [-0.4, -0.2) is 6.67 Å². The fraction of sp³-hybridized carbons (Fsp3) is 0.217. The number of rotatable bonds is 4. The maximum Gasteiger partial charge on any atom is 0.129 e. The summed E-state index contributed by atoms with van der Waals surface area (Å²) in [6, 6.07) is 21.8. The molecule has 1 aliphatic rings. The molecule has 0 unspecified atom stereocenters. The summed E-state index contributed by atoms with van der Waals surface area (Å²) >= 11 is 8.00. The van der Waals surface area contributed by atoms with Gasteiger partial charge in [-0.25, -0.2) is 4.39 Å². The van der Waals surface area contributed by atoms with Crippen LogP contribution in [0.3, 0.4) is 0 Å². The van der Waals surface area contributed by atoms with Gasteiger partial charge in [0.2, 0.25) is 0 Å². The molecule has 0 amide bonds. The van der Waals surface area contributed by atoms with Crippen LogP contribution in [-0.2, 0) is 6.54 Å². The van der Waals surface area contributed by atoms with Crippen LogP contribution in [0, 0.1) is 5.82 Å². The van der Waals surface area contributed by atoms with Crippen molar-refractivity contribution in [3.8, 4) is 0 Å². The van der Waals surface area contributed by atoms with Crippen LogP contribution in [0.25, 0.3) is 0 Å². The van der Waals surface area contributed by atoms with Crippen molar-refractivity contribution >= 4 is 34.9 Å². The lowest BCUT2D eigenvalue weighted by atomic mass is 10.0. The predicted molar refractivity (Wildman–Crippen MR) is 118 cm³/mol. The molecule has 0 aromatic heterocycles. The number of hydrogen-bond donors (Lipinski definition) is 0. The van der Waals surface area contributed by atoms with Gasteiger partial charge in [0.1, 0.15) is 12.5 Å². The van der Waals surface area contributed by atoms with Crippen molar-refractivity contribution in [1.82, 2.24) is 0 Å². The molecule has 0 saturated carbocycles. The highest BCUT2D eigenvalue weighted by atomic mass is 35.5. The average molecular weight is 413 g/mol. The Morgan fingerprint density at radius 2 is 1.75 bits per heavy atom. The van der Waals surface area contributed by atoms with Crippen LogP contribution in [0.15, 0.2) is 71.6 Å². The normalized spacial score (nSPS) is 13.8. The zero-order chi connectivity index (χ0) is 19.7. The van der Waals surface area contributed by atoms with E-state index < -0.39 is 0 Å². The van der Waals surface area contributed by atoms with E-state index in [0.29, 0.717) is 29.7 Å². The molecule has 0 spiro atoms. The maximum absolute atomic E-state index is 14.4. The van der Waals surface area contributed by atoms with Crippen LogP contribution in [0.4, 0.5) is 15.8 Å². The number of nitrogens with zero attached hydrogens (tertiary/aromatic N) is 2. The zero-order valence-electron chi connectivity index (χ0n) is 15.9. The Hall–Kier alpha value is -2.17. The highest BCUT2D eigenvalue weighted by Gasteiger charge is 2.25. The molecule has 3 aromatic carbocycles. The van der Waals surface area contributed by atoms with Gasteiger partial charge in [0.25, 0.3) is 0 Å². The number of fused-ring (bicyclic) bond motifs is 1. The van der Waals surface area contributed by atoms with Crippen molar-refractivity contribution in [2.75, 3.05) is 15.9 Å². The van der Waals surface area contributed by atoms with E-state index in [0.717, 1.165) is 16.3 Å². The Morgan fingerprint density at radius 1 is 1.00 bits per heavy atom. The molecule has 1 heterocycles. The Balaban J connectivity index is 1.66. The first kappa shape index (κ1) is 19.2. The molecule has 144 valence electrons. The molecule has 0 saturated heterocycles. The quantitative estimate of drug-likeness (QED) is 0.422. The smallest absolute Gasteiger partial charge is 0.129 e. The molecule has 0 atom stereocenters. The SMILES string of the molecule is CC(C)c1ccc(N2CN(Cc3c(F)cccc3Cl)c3ccccc3S2)cc1. The van der Waals surface area contributed by atoms with Crippen LogP contribution in [0.1, 0.15) is 30.9 Å². The summed E-state index contributed by atoms with van der Waals surface area (Å²) in [5.41, 5.74) is 4.08. The number of anilines is 2. The minimum atomic E-state index is -0.268. The van der Waals surface area contributed by atoms with Gasteiger partial charge in [-0.1, -0.05) is 55.8 Å². The highest BCUT2D eigenvalue weighted by Crippen LogP contribution is 2.41. The Bertz CT molecular complexity index is 954. The second-order valence-corrected chi connectivity index (χ2v) is 8.69. The number of para-hydroxylation sites is 1. The van der Waals surface area contributed by atoms with Crippen LogP contribution in [0.2, 0.25) is 5.02 Å². The van der Waals surface area contributed by atoms with Gasteiger partial charge >= 0.3 is 0 Å². The van der Waals surface area contributed by atoms with E-state index in [1.165, 1.54) is 11.6 Å². The third-order valence-corrected chi connectivity index (χ3v) is 6.41. The van der Waals surface area contributed by atoms with E-state index in [9.17, 15) is 4.39 Å². The van der Waals surface area contributed by atoms with Gasteiger partial charge < -0.3 is 4.90 Å². The molecule has 0 bridgehead atoms. The van der Waals surface area contributed by atoms with Gasteiger partial charge in [0, 0.05) is 22.8 Å². The van der Waals surface area contributed by atoms with Crippen molar-refractivity contribution in [2.45, 2.75) is 31.2 Å². The molecule has 0 N–H and O–H groups in total. The molecule has 28 heavy (non-hydrogen) atoms. The topological polar surface area (TPSA) is 6.48 Å². The van der Waals surface area contributed by atoms with Gasteiger partial charge in [-0.15, -0.1) is 0 Å². The average Bonchev–Trinajstić information content (AvgIpc) is 2.70. The van der Waals surface area contributed by atoms with Gasteiger partial charge in [-0.3, -0.25) is 4.31 Å². The number of halogens is 2. The third kappa shape index (κ3) is 3.85. The highest BCUT2D eigenvalue weighted by molar-refractivity contribution is 8.00. The molecular formula is C23H22ClFN2S. The van der Waals surface area contributed by atoms with E-state index in [1.54, 1.807) is 24.1 Å². The van der Waals surface area contributed by atoms with Crippen LogP contribution >= 0.6 is 23.5 Å². The van der Waals surface area contributed by atoms with Crippen molar-refractivity contribution in [3.63, 3.8) is 0 Å². The summed E-state index contributed by atoms with van der Waals surface area (Å²) in [5.74, 6) is 0.236. The largest absolute Gasteiger partial charge is 0.347 e. The first-order valence-corrected chi connectivity index (χ1v) is 10.5. The molecule has 5 heteroatoms. The summed E-state index contributed by atoms with van der Waals surface area (Å²) in [6.45, 7) is 5.46. The Morgan fingerprint density at radius 3 is 2.46 bits per heavy atom. The van der Waals surface area contributed by atoms with Gasteiger partial charge in [0.05, 0.1) is 10.6 Å². The number of hydrogen-bond acceptors (Lipinski definition) is 3. The molecule has 2 nitrogen and oxygen atoms in total. The molecule has 4 rings (SSSR count). The number of benzene rings is 3. The van der Waals surface area contributed by atoms with Gasteiger partial charge in [-0.05, 0) is 59.8 Å². The molecule has 3 aromatic rings. The lowest BCUT2D eigenvalue weighted by Gasteiger charge is -2.38. The van der Waals surface area contributed by atoms with E-state index in [1.807, 2.05) is 12.1 Å². The van der Waals surface area contributed by atoms with Gasteiger partial charge in [-0.2, -0.15) is 0 Å². The van der Waals surface area contributed by atoms with Crippen LogP contribution < -0.4 is 9.21 Å². The van der Waals surface area contributed by atoms with E-state index in [-0.39, 0.29) is 5.82 Å². The monoisotopic (exact) mass is 412 g/mol. The summed E-state index contributed by atoms with van der Waals surface area (Å²) in [6.07, 6.45) is 0. The summed E-state index contributed by atoms with van der Waals surface area (Å²) in [4.78, 5) is 3.32. The fourth-order valence-electron chi connectivity index (χ4n) is 3.34. The second-order valence-electron chi connectivity index (χ2n) is 7.22. The minimum absolute atomic E-state index is 0.268. The molecule has 0 aliphatic carbocycles. The molecule has 1 aliphatic heterocycles. The van der Waals surface area contributed by atoms with E-state index in [4.69, 9.17) is 11.6 Å². The summed E-state index contributed by atoms with van der Waals surface area (Å²) < 4.78 is 16.6. The standard InChI is InChI=1S/C23H22ClFN2S/c1-16(2)17-10-12-18(13-11-17)27-15-26(22-8-3-4-9-23(22)28-27)14-19-20(24)6-5-7-21(19)25/h3-13,16H,14-15H2,1-2H3. The maximum atomic E-state index is 14.4. The van der Waals surface area contributed by atoms with E-state index in [2.05, 4.69) is 59.5 Å². The first-order valence-electron chi connectivity index (χ1n) is 9.35. The van der Waals surface area contributed by atoms with Crippen LogP contribution in [0.5, 0.6) is 0 Å². The van der Waals surface area contributed by atoms with Crippen molar-refractivity contribution in [1.29, 1.82) is 0 Å². The van der Waals surface area contributed by atoms with Crippen molar-refractivity contribution in [3.05, 3.63) is 88.7 Å². The zero-order valence-corrected chi connectivity index (χ0v) is 17.5. The predicted octanol–water partition coefficient (Wildman–Crippen LogP) is 7.09. The first-order chi connectivity index (χ1) is 13.5. The van der Waals surface area contributed by atoms with Crippen molar-refractivity contribution in [2.24, 2.45) is 0 Å². The molecule has 0 fully saturated rings. The summed E-state index contributed by atoms with van der Waals surface area (Å²) in [5, 5.41) is 0.462. The summed E-state index contributed by atoms with van der Waals surface area (Å²) in [7, 11) is 0. The minimum Gasteiger partial charge on any atom is -0.347 e. The lowest BCUT2D eigenvalue weighted by Crippen LogP contribution is -2.37. The lowest BCUT2D eigenvalue weighted by molar-refractivity contribution is 0.604. The third-order valence-electron chi connectivity index (χ3n) is 4.97. The van der Waals surface area contributed by atoms with Crippen molar-refractivity contribution < 1.29 is 4.39 Å². The Kier molecular flexibility index (Phi) is 5.51. The molecule has 0 radical (unpaired) electrons. The Labute approximate surface area is 175 Å². The molecular weight excluding hydrogens is 391 g/mol. The van der Waals surface area contributed by atoms with Gasteiger partial charge in [0.15, 0.2) is 0 Å². The fourth-order valence-corrected chi connectivity index (χ4v) is 4.66. The second kappa shape index (κ2) is 8.06. The van der Waals surface area contributed by atoms with E-state index >= 15 is 0 Å².